The highest BCUT2D eigenvalue weighted by atomic mass is 16.5. The molecule has 0 aliphatic rings. The van der Waals surface area contributed by atoms with Crippen molar-refractivity contribution in [3.8, 4) is 0 Å². The van der Waals surface area contributed by atoms with E-state index in [0.29, 0.717) is 5.56 Å². The van der Waals surface area contributed by atoms with Gasteiger partial charge in [-0.3, -0.25) is 0 Å². The molecule has 2 unspecified atom stereocenters. The number of aliphatic hydroxyl groups is 3. The second kappa shape index (κ2) is 5.64. The summed E-state index contributed by atoms with van der Waals surface area (Å²) in [5.74, 6) is -0.528. The molecule has 0 fully saturated rings. The highest BCUT2D eigenvalue weighted by molar-refractivity contribution is 5.87. The van der Waals surface area contributed by atoms with Gasteiger partial charge in [0.2, 0.25) is 0 Å². The maximum Gasteiger partial charge on any atom is 0.354 e. The summed E-state index contributed by atoms with van der Waals surface area (Å²) in [4.78, 5) is 13.9. The SMILES string of the molecule is CCOC(=O)c1cc(C(O)C(O)CO)c[nH]1. The number of H-pyrrole nitrogens is 1. The first-order valence-corrected chi connectivity index (χ1v) is 4.92. The molecule has 0 spiro atoms. The topological polar surface area (TPSA) is 103 Å². The molecule has 1 aromatic rings. The fraction of sp³-hybridized carbons (Fsp3) is 0.500. The number of carbonyl (C=O) groups excluding carboxylic acids is 1. The number of carbonyl (C=O) groups is 1. The Morgan fingerprint density at radius 3 is 2.81 bits per heavy atom. The van der Waals surface area contributed by atoms with Gasteiger partial charge in [-0.1, -0.05) is 0 Å². The monoisotopic (exact) mass is 229 g/mol. The average Bonchev–Trinajstić information content (AvgIpc) is 2.76. The molecule has 0 aliphatic carbocycles. The summed E-state index contributed by atoms with van der Waals surface area (Å²) >= 11 is 0. The minimum Gasteiger partial charge on any atom is -0.461 e. The largest absolute Gasteiger partial charge is 0.461 e. The second-order valence-electron chi connectivity index (χ2n) is 3.26. The smallest absolute Gasteiger partial charge is 0.354 e. The molecule has 1 aromatic heterocycles. The molecule has 4 N–H and O–H groups in total. The molecule has 90 valence electrons. The van der Waals surface area contributed by atoms with Gasteiger partial charge < -0.3 is 25.0 Å². The Balaban J connectivity index is 2.74. The Labute approximate surface area is 92.5 Å². The van der Waals surface area contributed by atoms with Crippen LogP contribution in [0.2, 0.25) is 0 Å². The first-order chi connectivity index (χ1) is 7.60. The van der Waals surface area contributed by atoms with Crippen LogP contribution in [0.3, 0.4) is 0 Å². The maximum atomic E-state index is 11.3. The molecular formula is C10H15NO5. The van der Waals surface area contributed by atoms with Crippen LogP contribution in [0.5, 0.6) is 0 Å². The van der Waals surface area contributed by atoms with Crippen molar-refractivity contribution >= 4 is 5.97 Å². The van der Waals surface area contributed by atoms with E-state index >= 15 is 0 Å². The number of aromatic nitrogens is 1. The Bertz CT molecular complexity index is 349. The lowest BCUT2D eigenvalue weighted by atomic mass is 10.1. The van der Waals surface area contributed by atoms with Crippen molar-refractivity contribution in [2.75, 3.05) is 13.2 Å². The van der Waals surface area contributed by atoms with Gasteiger partial charge in [-0.05, 0) is 13.0 Å². The third-order valence-corrected chi connectivity index (χ3v) is 2.09. The summed E-state index contributed by atoms with van der Waals surface area (Å²) < 4.78 is 4.74. The van der Waals surface area contributed by atoms with E-state index in [2.05, 4.69) is 4.98 Å². The van der Waals surface area contributed by atoms with Crippen LogP contribution in [0, 0.1) is 0 Å². The fourth-order valence-corrected chi connectivity index (χ4v) is 1.23. The van der Waals surface area contributed by atoms with Crippen LogP contribution in [0.4, 0.5) is 0 Å². The summed E-state index contributed by atoms with van der Waals surface area (Å²) in [7, 11) is 0. The summed E-state index contributed by atoms with van der Waals surface area (Å²) in [5, 5.41) is 27.4. The molecule has 2 atom stereocenters. The first-order valence-electron chi connectivity index (χ1n) is 4.92. The average molecular weight is 229 g/mol. The zero-order valence-corrected chi connectivity index (χ0v) is 8.88. The van der Waals surface area contributed by atoms with E-state index in [4.69, 9.17) is 9.84 Å². The molecule has 1 heterocycles. The van der Waals surface area contributed by atoms with E-state index in [1.165, 1.54) is 12.3 Å². The molecule has 16 heavy (non-hydrogen) atoms. The van der Waals surface area contributed by atoms with Gasteiger partial charge in [-0.2, -0.15) is 0 Å². The van der Waals surface area contributed by atoms with Gasteiger partial charge in [0.25, 0.3) is 0 Å². The molecule has 0 bridgehead atoms. The lowest BCUT2D eigenvalue weighted by Crippen LogP contribution is -2.21. The number of esters is 1. The summed E-state index contributed by atoms with van der Waals surface area (Å²) in [6, 6.07) is 1.38. The van der Waals surface area contributed by atoms with Crippen molar-refractivity contribution < 1.29 is 24.9 Å². The normalized spacial score (nSPS) is 14.5. The predicted molar refractivity (Wildman–Crippen MR) is 54.8 cm³/mol. The number of hydrogen-bond donors (Lipinski definition) is 4. The summed E-state index contributed by atoms with van der Waals surface area (Å²) in [6.45, 7) is 1.39. The first kappa shape index (κ1) is 12.7. The number of nitrogens with one attached hydrogen (secondary N) is 1. The molecule has 0 saturated carbocycles. The Morgan fingerprint density at radius 1 is 1.56 bits per heavy atom. The van der Waals surface area contributed by atoms with Crippen LogP contribution in [-0.2, 0) is 4.74 Å². The number of hydrogen-bond acceptors (Lipinski definition) is 5. The van der Waals surface area contributed by atoms with Crippen LogP contribution in [-0.4, -0.2) is 45.6 Å². The molecule has 0 saturated heterocycles. The Hall–Kier alpha value is -1.37. The van der Waals surface area contributed by atoms with Crippen molar-refractivity contribution in [1.82, 2.24) is 4.98 Å². The zero-order valence-electron chi connectivity index (χ0n) is 8.88. The highest BCUT2D eigenvalue weighted by Crippen LogP contribution is 2.18. The zero-order chi connectivity index (χ0) is 12.1. The predicted octanol–water partition coefficient (Wildman–Crippen LogP) is -0.422. The standard InChI is InChI=1S/C10H15NO5/c1-2-16-10(15)7-3-6(4-11-7)9(14)8(13)5-12/h3-4,8-9,11-14H,2,5H2,1H3. The van der Waals surface area contributed by atoms with Gasteiger partial charge >= 0.3 is 5.97 Å². The van der Waals surface area contributed by atoms with Crippen LogP contribution < -0.4 is 0 Å². The number of rotatable bonds is 5. The van der Waals surface area contributed by atoms with Gasteiger partial charge in [-0.25, -0.2) is 4.79 Å². The van der Waals surface area contributed by atoms with Crippen LogP contribution in [0.15, 0.2) is 12.3 Å². The Kier molecular flexibility index (Phi) is 4.48. The molecule has 6 nitrogen and oxygen atoms in total. The van der Waals surface area contributed by atoms with Crippen molar-refractivity contribution in [1.29, 1.82) is 0 Å². The minimum absolute atomic E-state index is 0.195. The highest BCUT2D eigenvalue weighted by Gasteiger charge is 2.20. The maximum absolute atomic E-state index is 11.3. The van der Waals surface area contributed by atoms with Gasteiger partial charge in [-0.15, -0.1) is 0 Å². The van der Waals surface area contributed by atoms with Crippen LogP contribution >= 0.6 is 0 Å². The van der Waals surface area contributed by atoms with Crippen molar-refractivity contribution in [2.45, 2.75) is 19.1 Å². The van der Waals surface area contributed by atoms with Crippen molar-refractivity contribution in [2.24, 2.45) is 0 Å². The Morgan fingerprint density at radius 2 is 2.25 bits per heavy atom. The molecule has 0 aromatic carbocycles. The summed E-state index contributed by atoms with van der Waals surface area (Å²) in [5.41, 5.74) is 0.519. The van der Waals surface area contributed by atoms with Crippen molar-refractivity contribution in [3.63, 3.8) is 0 Å². The summed E-state index contributed by atoms with van der Waals surface area (Å²) in [6.07, 6.45) is -1.12. The van der Waals surface area contributed by atoms with Gasteiger partial charge in [0.15, 0.2) is 0 Å². The molecular weight excluding hydrogens is 214 g/mol. The third kappa shape index (κ3) is 2.82. The van der Waals surface area contributed by atoms with Gasteiger partial charge in [0, 0.05) is 11.8 Å². The molecule has 6 heteroatoms. The molecule has 1 rings (SSSR count). The number of aromatic amines is 1. The number of aliphatic hydroxyl groups excluding tert-OH is 3. The van der Waals surface area contributed by atoms with E-state index in [-0.39, 0.29) is 12.3 Å². The lowest BCUT2D eigenvalue weighted by molar-refractivity contribution is -0.0152. The molecule has 0 aliphatic heterocycles. The van der Waals surface area contributed by atoms with Gasteiger partial charge in [0.1, 0.15) is 17.9 Å². The van der Waals surface area contributed by atoms with E-state index in [1.54, 1.807) is 6.92 Å². The number of ether oxygens (including phenoxy) is 1. The molecule has 0 amide bonds. The fourth-order valence-electron chi connectivity index (χ4n) is 1.23. The third-order valence-electron chi connectivity index (χ3n) is 2.09. The van der Waals surface area contributed by atoms with Gasteiger partial charge in [0.05, 0.1) is 13.2 Å². The second-order valence-corrected chi connectivity index (χ2v) is 3.26. The van der Waals surface area contributed by atoms with E-state index in [1.807, 2.05) is 0 Å². The van der Waals surface area contributed by atoms with E-state index < -0.39 is 24.8 Å². The molecule has 0 radical (unpaired) electrons. The minimum atomic E-state index is -1.27. The van der Waals surface area contributed by atoms with Crippen molar-refractivity contribution in [3.05, 3.63) is 23.5 Å². The van der Waals surface area contributed by atoms with Crippen LogP contribution in [0.1, 0.15) is 29.1 Å². The lowest BCUT2D eigenvalue weighted by Gasteiger charge is -2.13. The van der Waals surface area contributed by atoms with E-state index in [9.17, 15) is 15.0 Å². The quantitative estimate of drug-likeness (QED) is 0.513. The van der Waals surface area contributed by atoms with E-state index in [0.717, 1.165) is 0 Å². The van der Waals surface area contributed by atoms with Crippen LogP contribution in [0.25, 0.3) is 0 Å².